The van der Waals surface area contributed by atoms with Crippen molar-refractivity contribution < 1.29 is 9.59 Å². The zero-order valence-corrected chi connectivity index (χ0v) is 14.0. The van der Waals surface area contributed by atoms with E-state index in [4.69, 9.17) is 0 Å². The van der Waals surface area contributed by atoms with E-state index in [1.165, 1.54) is 25.7 Å². The van der Waals surface area contributed by atoms with Crippen LogP contribution >= 0.6 is 0 Å². The van der Waals surface area contributed by atoms with Crippen molar-refractivity contribution in [3.05, 3.63) is 0 Å². The molecule has 23 heavy (non-hydrogen) atoms. The maximum absolute atomic E-state index is 12.8. The summed E-state index contributed by atoms with van der Waals surface area (Å²) in [6, 6.07) is 0.473. The number of amides is 2. The lowest BCUT2D eigenvalue weighted by atomic mass is 9.95. The van der Waals surface area contributed by atoms with Gasteiger partial charge in [-0.25, -0.2) is 0 Å². The molecule has 4 rings (SSSR count). The summed E-state index contributed by atoms with van der Waals surface area (Å²) in [7, 11) is 0. The van der Waals surface area contributed by atoms with Crippen molar-refractivity contribution in [2.45, 2.75) is 63.5 Å². The Bertz CT molecular complexity index is 459. The van der Waals surface area contributed by atoms with Gasteiger partial charge >= 0.3 is 0 Å². The summed E-state index contributed by atoms with van der Waals surface area (Å²) in [5, 5.41) is 3.23. The Morgan fingerprint density at radius 3 is 2.09 bits per heavy atom. The molecule has 1 saturated heterocycles. The summed E-state index contributed by atoms with van der Waals surface area (Å²) in [4.78, 5) is 29.4. The fourth-order valence-electron chi connectivity index (χ4n) is 4.27. The average Bonchev–Trinajstić information content (AvgIpc) is 3.49. The number of rotatable bonds is 5. The number of hydrogen-bond acceptors (Lipinski definition) is 3. The first-order valence-electron chi connectivity index (χ1n) is 9.55. The van der Waals surface area contributed by atoms with E-state index in [9.17, 15) is 9.59 Å². The lowest BCUT2D eigenvalue weighted by Gasteiger charge is -2.41. The first-order valence-corrected chi connectivity index (χ1v) is 9.55. The van der Waals surface area contributed by atoms with Crippen molar-refractivity contribution in [2.24, 2.45) is 11.8 Å². The van der Waals surface area contributed by atoms with Crippen LogP contribution in [0.1, 0.15) is 51.4 Å². The van der Waals surface area contributed by atoms with E-state index in [0.29, 0.717) is 23.8 Å². The highest BCUT2D eigenvalue weighted by Gasteiger charge is 2.40. The van der Waals surface area contributed by atoms with E-state index >= 15 is 0 Å². The van der Waals surface area contributed by atoms with Crippen LogP contribution in [0.3, 0.4) is 0 Å². The van der Waals surface area contributed by atoms with Crippen molar-refractivity contribution in [1.29, 1.82) is 0 Å². The lowest BCUT2D eigenvalue weighted by molar-refractivity contribution is -0.136. The van der Waals surface area contributed by atoms with Crippen LogP contribution in [0.15, 0.2) is 0 Å². The third-order valence-electron chi connectivity index (χ3n) is 5.98. The maximum Gasteiger partial charge on any atom is 0.237 e. The van der Waals surface area contributed by atoms with E-state index in [1.807, 2.05) is 4.90 Å². The van der Waals surface area contributed by atoms with E-state index in [2.05, 4.69) is 10.2 Å². The van der Waals surface area contributed by atoms with Crippen LogP contribution in [0.4, 0.5) is 0 Å². The van der Waals surface area contributed by atoms with Crippen LogP contribution in [-0.2, 0) is 9.59 Å². The Hall–Kier alpha value is -1.10. The number of carbonyl (C=O) groups excluding carboxylic acids is 2. The third-order valence-corrected chi connectivity index (χ3v) is 5.98. The molecule has 1 heterocycles. The van der Waals surface area contributed by atoms with E-state index in [0.717, 1.165) is 51.9 Å². The topological polar surface area (TPSA) is 52.7 Å². The second kappa shape index (κ2) is 6.42. The van der Waals surface area contributed by atoms with Gasteiger partial charge in [0.2, 0.25) is 11.8 Å². The van der Waals surface area contributed by atoms with Gasteiger partial charge in [0, 0.05) is 38.1 Å². The second-order valence-electron chi connectivity index (χ2n) is 7.91. The van der Waals surface area contributed by atoms with Gasteiger partial charge in [0.15, 0.2) is 0 Å². The van der Waals surface area contributed by atoms with E-state index in [-0.39, 0.29) is 11.9 Å². The minimum atomic E-state index is 0.0382. The van der Waals surface area contributed by atoms with Gasteiger partial charge in [0.25, 0.3) is 0 Å². The van der Waals surface area contributed by atoms with Gasteiger partial charge in [0.05, 0.1) is 6.04 Å². The molecule has 1 N–H and O–H groups in total. The van der Waals surface area contributed by atoms with Crippen molar-refractivity contribution in [2.75, 3.05) is 26.2 Å². The predicted molar refractivity (Wildman–Crippen MR) is 87.8 cm³/mol. The number of hydrogen-bond donors (Lipinski definition) is 1. The predicted octanol–water partition coefficient (Wildman–Crippen LogP) is 1.38. The molecule has 5 nitrogen and oxygen atoms in total. The molecule has 1 atom stereocenters. The van der Waals surface area contributed by atoms with E-state index in [1.54, 1.807) is 0 Å². The lowest BCUT2D eigenvalue weighted by Crippen LogP contribution is -2.58. The van der Waals surface area contributed by atoms with Crippen LogP contribution < -0.4 is 5.32 Å². The van der Waals surface area contributed by atoms with Crippen LogP contribution in [0, 0.1) is 11.8 Å². The molecule has 128 valence electrons. The van der Waals surface area contributed by atoms with Crippen molar-refractivity contribution in [3.8, 4) is 0 Å². The largest absolute Gasteiger partial charge is 0.352 e. The number of piperazine rings is 1. The molecule has 1 unspecified atom stereocenters. The van der Waals surface area contributed by atoms with Crippen LogP contribution in [0.25, 0.3) is 0 Å². The van der Waals surface area contributed by atoms with Gasteiger partial charge in [0.1, 0.15) is 0 Å². The maximum atomic E-state index is 12.8. The van der Waals surface area contributed by atoms with Crippen LogP contribution in [-0.4, -0.2) is 59.9 Å². The van der Waals surface area contributed by atoms with Gasteiger partial charge < -0.3 is 10.2 Å². The van der Waals surface area contributed by atoms with Gasteiger partial charge in [-0.1, -0.05) is 12.8 Å². The molecule has 0 radical (unpaired) electrons. The molecular formula is C18H29N3O2. The monoisotopic (exact) mass is 319 g/mol. The first-order chi connectivity index (χ1) is 11.2. The van der Waals surface area contributed by atoms with Crippen molar-refractivity contribution in [3.63, 3.8) is 0 Å². The molecule has 1 aliphatic heterocycles. The van der Waals surface area contributed by atoms with Crippen LogP contribution in [0.2, 0.25) is 0 Å². The molecule has 4 aliphatic rings. The first kappa shape index (κ1) is 15.4. The summed E-state index contributed by atoms with van der Waals surface area (Å²) in [5.41, 5.74) is 0. The molecule has 5 heteroatoms. The highest BCUT2D eigenvalue weighted by molar-refractivity contribution is 5.83. The molecule has 0 aromatic carbocycles. The van der Waals surface area contributed by atoms with Gasteiger partial charge in [-0.05, 0) is 44.4 Å². The Balaban J connectivity index is 1.37. The smallest absolute Gasteiger partial charge is 0.237 e. The summed E-state index contributed by atoms with van der Waals surface area (Å²) in [5.74, 6) is 1.43. The summed E-state index contributed by atoms with van der Waals surface area (Å²) in [6.07, 6.45) is 9.34. The SMILES string of the molecule is O=C(NC1CC1)C(C1CCCC1)N1CCN(C(=O)C2CC2)CC1. The zero-order valence-electron chi connectivity index (χ0n) is 14.0. The third kappa shape index (κ3) is 3.54. The highest BCUT2D eigenvalue weighted by atomic mass is 16.2. The fraction of sp³-hybridized carbons (Fsp3) is 0.889. The van der Waals surface area contributed by atoms with Crippen molar-refractivity contribution in [1.82, 2.24) is 15.1 Å². The Morgan fingerprint density at radius 2 is 1.52 bits per heavy atom. The van der Waals surface area contributed by atoms with E-state index < -0.39 is 0 Å². The number of nitrogens with zero attached hydrogens (tertiary/aromatic N) is 2. The Morgan fingerprint density at radius 1 is 0.870 bits per heavy atom. The molecule has 3 saturated carbocycles. The molecule has 4 fully saturated rings. The normalized spacial score (nSPS) is 27.9. The zero-order chi connectivity index (χ0) is 15.8. The van der Waals surface area contributed by atoms with Crippen LogP contribution in [0.5, 0.6) is 0 Å². The molecule has 2 amide bonds. The van der Waals surface area contributed by atoms with Gasteiger partial charge in [-0.2, -0.15) is 0 Å². The molecule has 3 aliphatic carbocycles. The second-order valence-corrected chi connectivity index (χ2v) is 7.91. The molecule has 0 aromatic heterocycles. The summed E-state index contributed by atoms with van der Waals surface area (Å²) < 4.78 is 0. The molecule has 0 bridgehead atoms. The average molecular weight is 319 g/mol. The van der Waals surface area contributed by atoms with Crippen molar-refractivity contribution >= 4 is 11.8 Å². The Kier molecular flexibility index (Phi) is 4.31. The minimum absolute atomic E-state index is 0.0382. The standard InChI is InChI=1S/C18H29N3O2/c22-17(19-15-7-8-15)16(13-3-1-2-4-13)20-9-11-21(12-10-20)18(23)14-5-6-14/h13-16H,1-12H2,(H,19,22). The number of carbonyl (C=O) groups is 2. The molecule has 0 spiro atoms. The minimum Gasteiger partial charge on any atom is -0.352 e. The molecular weight excluding hydrogens is 290 g/mol. The summed E-state index contributed by atoms with van der Waals surface area (Å²) >= 11 is 0. The summed E-state index contributed by atoms with van der Waals surface area (Å²) in [6.45, 7) is 3.32. The Labute approximate surface area is 138 Å². The molecule has 0 aromatic rings. The number of nitrogens with one attached hydrogen (secondary N) is 1. The fourth-order valence-corrected chi connectivity index (χ4v) is 4.27. The quantitative estimate of drug-likeness (QED) is 0.833. The van der Waals surface area contributed by atoms with Gasteiger partial charge in [-0.15, -0.1) is 0 Å². The highest BCUT2D eigenvalue weighted by Crippen LogP contribution is 2.33. The van der Waals surface area contributed by atoms with Gasteiger partial charge in [-0.3, -0.25) is 14.5 Å².